The Morgan fingerprint density at radius 2 is 1.95 bits per heavy atom. The Bertz CT molecular complexity index is 596. The van der Waals surface area contributed by atoms with Gasteiger partial charge in [-0.15, -0.1) is 0 Å². The number of aromatic carboxylic acids is 1. The molecule has 0 atom stereocenters. The summed E-state index contributed by atoms with van der Waals surface area (Å²) < 4.78 is 25.0. The number of hydrogen-bond acceptors (Lipinski definition) is 4. The molecule has 5 nitrogen and oxygen atoms in total. The maximum absolute atomic E-state index is 12.2. The minimum atomic E-state index is -3.50. The maximum Gasteiger partial charge on any atom is 0.335 e. The normalized spacial score (nSPS) is 11.8. The van der Waals surface area contributed by atoms with Crippen LogP contribution in [0.2, 0.25) is 0 Å². The molecule has 0 aromatic heterocycles. The fourth-order valence-electron chi connectivity index (χ4n) is 1.51. The molecule has 1 N–H and O–H groups in total. The van der Waals surface area contributed by atoms with Crippen LogP contribution in [0.15, 0.2) is 21.5 Å². The van der Waals surface area contributed by atoms with E-state index in [-0.39, 0.29) is 16.2 Å². The molecule has 0 aliphatic rings. The summed E-state index contributed by atoms with van der Waals surface area (Å²) in [4.78, 5) is 12.8. The third-order valence-corrected chi connectivity index (χ3v) is 5.32. The zero-order valence-electron chi connectivity index (χ0n) is 11.0. The maximum atomic E-state index is 12.2. The van der Waals surface area contributed by atoms with Crippen molar-refractivity contribution in [2.24, 2.45) is 0 Å². The van der Waals surface area contributed by atoms with E-state index < -0.39 is 15.8 Å². The minimum Gasteiger partial charge on any atom is -0.478 e. The quantitative estimate of drug-likeness (QED) is 0.876. The summed E-state index contributed by atoms with van der Waals surface area (Å²) in [6.07, 6.45) is 0. The third kappa shape index (κ3) is 4.02. The van der Waals surface area contributed by atoms with Gasteiger partial charge < -0.3 is 10.0 Å². The Kier molecular flexibility index (Phi) is 5.11. The second kappa shape index (κ2) is 6.02. The molecule has 1 aromatic rings. The van der Waals surface area contributed by atoms with E-state index in [1.165, 1.54) is 12.1 Å². The minimum absolute atomic E-state index is 0.0408. The number of halogens is 1. The van der Waals surface area contributed by atoms with Crippen molar-refractivity contribution in [2.75, 3.05) is 26.4 Å². The number of carboxylic acid groups (broad SMARTS) is 1. The van der Waals surface area contributed by atoms with Gasteiger partial charge >= 0.3 is 5.97 Å². The van der Waals surface area contributed by atoms with Crippen LogP contribution in [0.1, 0.15) is 15.9 Å². The zero-order chi connectivity index (χ0) is 14.8. The molecule has 0 saturated heterocycles. The van der Waals surface area contributed by atoms with Crippen molar-refractivity contribution in [3.63, 3.8) is 0 Å². The van der Waals surface area contributed by atoms with E-state index in [0.29, 0.717) is 16.6 Å². The Hall–Kier alpha value is -0.920. The fourth-order valence-corrected chi connectivity index (χ4v) is 3.81. The summed E-state index contributed by atoms with van der Waals surface area (Å²) in [5.41, 5.74) is 0.490. The van der Waals surface area contributed by atoms with Crippen LogP contribution >= 0.6 is 15.9 Å². The molecule has 0 heterocycles. The monoisotopic (exact) mass is 349 g/mol. The van der Waals surface area contributed by atoms with Crippen molar-refractivity contribution in [3.8, 4) is 0 Å². The summed E-state index contributed by atoms with van der Waals surface area (Å²) >= 11 is 3.20. The molecule has 0 radical (unpaired) electrons. The molecule has 0 amide bonds. The molecular formula is C12H16BrNO4S. The van der Waals surface area contributed by atoms with Crippen LogP contribution < -0.4 is 0 Å². The lowest BCUT2D eigenvalue weighted by Gasteiger charge is -2.13. The van der Waals surface area contributed by atoms with E-state index in [4.69, 9.17) is 5.11 Å². The second-order valence-electron chi connectivity index (χ2n) is 4.51. The average Bonchev–Trinajstić information content (AvgIpc) is 2.29. The highest BCUT2D eigenvalue weighted by atomic mass is 79.9. The van der Waals surface area contributed by atoms with Gasteiger partial charge in [0, 0.05) is 11.0 Å². The Morgan fingerprint density at radius 3 is 2.42 bits per heavy atom. The van der Waals surface area contributed by atoms with Crippen LogP contribution in [0.3, 0.4) is 0 Å². The molecule has 0 saturated carbocycles. The van der Waals surface area contributed by atoms with Gasteiger partial charge in [-0.2, -0.15) is 0 Å². The van der Waals surface area contributed by atoms with Gasteiger partial charge in [-0.1, -0.05) is 15.9 Å². The van der Waals surface area contributed by atoms with E-state index in [9.17, 15) is 13.2 Å². The lowest BCUT2D eigenvalue weighted by atomic mass is 10.1. The van der Waals surface area contributed by atoms with Gasteiger partial charge in [-0.3, -0.25) is 0 Å². The van der Waals surface area contributed by atoms with Crippen LogP contribution in [0, 0.1) is 6.92 Å². The molecule has 7 heteroatoms. The molecule has 0 bridgehead atoms. The first-order valence-corrected chi connectivity index (χ1v) is 8.00. The molecule has 19 heavy (non-hydrogen) atoms. The molecule has 0 spiro atoms. The summed E-state index contributed by atoms with van der Waals surface area (Å²) in [6.45, 7) is 2.04. The van der Waals surface area contributed by atoms with Crippen molar-refractivity contribution in [3.05, 3.63) is 27.7 Å². The first-order valence-electron chi connectivity index (χ1n) is 5.56. The first kappa shape index (κ1) is 16.1. The molecule has 106 valence electrons. The SMILES string of the molecule is Cc1c(Br)cc(C(=O)O)cc1S(=O)(=O)CCN(C)C. The molecule has 0 fully saturated rings. The average molecular weight is 350 g/mol. The Balaban J connectivity index is 3.29. The smallest absolute Gasteiger partial charge is 0.335 e. The highest BCUT2D eigenvalue weighted by Gasteiger charge is 2.21. The van der Waals surface area contributed by atoms with Gasteiger partial charge in [0.05, 0.1) is 16.2 Å². The topological polar surface area (TPSA) is 74.7 Å². The number of rotatable bonds is 5. The van der Waals surface area contributed by atoms with E-state index in [1.54, 1.807) is 25.9 Å². The predicted octanol–water partition coefficient (Wildman–Crippen LogP) is 1.79. The van der Waals surface area contributed by atoms with Gasteiger partial charge in [0.2, 0.25) is 0 Å². The van der Waals surface area contributed by atoms with Crippen LogP contribution in [-0.4, -0.2) is 50.8 Å². The standard InChI is InChI=1S/C12H16BrNO4S/c1-8-10(13)6-9(12(15)16)7-11(8)19(17,18)5-4-14(2)3/h6-7H,4-5H2,1-3H3,(H,15,16). The zero-order valence-corrected chi connectivity index (χ0v) is 13.4. The number of hydrogen-bond donors (Lipinski definition) is 1. The van der Waals surface area contributed by atoms with E-state index in [2.05, 4.69) is 15.9 Å². The van der Waals surface area contributed by atoms with Gasteiger partial charge in [0.25, 0.3) is 0 Å². The van der Waals surface area contributed by atoms with E-state index in [0.717, 1.165) is 0 Å². The highest BCUT2D eigenvalue weighted by Crippen LogP contribution is 2.26. The van der Waals surface area contributed by atoms with Crippen LogP contribution in [0.5, 0.6) is 0 Å². The Labute approximate surface area is 121 Å². The van der Waals surface area contributed by atoms with Crippen molar-refractivity contribution in [1.82, 2.24) is 4.90 Å². The molecule has 1 rings (SSSR count). The van der Waals surface area contributed by atoms with E-state index >= 15 is 0 Å². The van der Waals surface area contributed by atoms with Crippen LogP contribution in [0.25, 0.3) is 0 Å². The Morgan fingerprint density at radius 1 is 1.37 bits per heavy atom. The summed E-state index contributed by atoms with van der Waals surface area (Å²) in [7, 11) is 0.0679. The largest absolute Gasteiger partial charge is 0.478 e. The molecule has 0 unspecified atom stereocenters. The number of carbonyl (C=O) groups is 1. The number of sulfone groups is 1. The van der Waals surface area contributed by atoms with Gasteiger partial charge in [-0.05, 0) is 38.7 Å². The van der Waals surface area contributed by atoms with Crippen molar-refractivity contribution in [1.29, 1.82) is 0 Å². The second-order valence-corrected chi connectivity index (χ2v) is 7.44. The molecule has 0 aliphatic heterocycles. The third-order valence-electron chi connectivity index (χ3n) is 2.69. The van der Waals surface area contributed by atoms with Crippen molar-refractivity contribution >= 4 is 31.7 Å². The van der Waals surface area contributed by atoms with Crippen LogP contribution in [-0.2, 0) is 9.84 Å². The number of carboxylic acids is 1. The first-order chi connectivity index (χ1) is 8.65. The van der Waals surface area contributed by atoms with Gasteiger partial charge in [-0.25, -0.2) is 13.2 Å². The molecule has 1 aromatic carbocycles. The number of nitrogens with zero attached hydrogens (tertiary/aromatic N) is 1. The lowest BCUT2D eigenvalue weighted by molar-refractivity contribution is 0.0696. The lowest BCUT2D eigenvalue weighted by Crippen LogP contribution is -2.22. The van der Waals surface area contributed by atoms with E-state index in [1.807, 2.05) is 0 Å². The van der Waals surface area contributed by atoms with Gasteiger partial charge in [0.1, 0.15) is 0 Å². The summed E-state index contributed by atoms with van der Waals surface area (Å²) in [6, 6.07) is 2.62. The van der Waals surface area contributed by atoms with Crippen molar-refractivity contribution in [2.45, 2.75) is 11.8 Å². The molecule has 0 aliphatic carbocycles. The van der Waals surface area contributed by atoms with Gasteiger partial charge in [0.15, 0.2) is 9.84 Å². The predicted molar refractivity (Wildman–Crippen MR) is 76.4 cm³/mol. The fraction of sp³-hybridized carbons (Fsp3) is 0.417. The van der Waals surface area contributed by atoms with Crippen molar-refractivity contribution < 1.29 is 18.3 Å². The highest BCUT2D eigenvalue weighted by molar-refractivity contribution is 9.10. The number of benzene rings is 1. The summed E-state index contributed by atoms with van der Waals surface area (Å²) in [5.74, 6) is -1.19. The van der Waals surface area contributed by atoms with Crippen LogP contribution in [0.4, 0.5) is 0 Å². The summed E-state index contributed by atoms with van der Waals surface area (Å²) in [5, 5.41) is 8.98. The molecular weight excluding hydrogens is 334 g/mol.